The summed E-state index contributed by atoms with van der Waals surface area (Å²) in [6.07, 6.45) is -4.42. The number of halogens is 4. The number of carbonyl (C=O) groups excluding carboxylic acids is 1. The number of rotatable bonds is 5. The molecule has 0 atom stereocenters. The zero-order valence-corrected chi connectivity index (χ0v) is 19.4. The van der Waals surface area contributed by atoms with Crippen molar-refractivity contribution < 1.29 is 22.4 Å². The maximum atomic E-state index is 13.1. The maximum absolute atomic E-state index is 13.1. The number of hydrogen-bond donors (Lipinski definition) is 1. The van der Waals surface area contributed by atoms with Gasteiger partial charge in [0.05, 0.1) is 17.0 Å². The molecule has 5 rings (SSSR count). The molecular weight excluding hydrogens is 498 g/mol. The number of benzene rings is 2. The number of nitrogens with one attached hydrogen (secondary N) is 1. The lowest BCUT2D eigenvalue weighted by atomic mass is 10.1. The topological polar surface area (TPSA) is 90.0 Å². The van der Waals surface area contributed by atoms with Crippen molar-refractivity contribution >= 4 is 23.4 Å². The van der Waals surface area contributed by atoms with Gasteiger partial charge in [-0.3, -0.25) is 9.48 Å². The van der Waals surface area contributed by atoms with Gasteiger partial charge in [-0.15, -0.1) is 10.2 Å². The van der Waals surface area contributed by atoms with Crippen LogP contribution in [0.1, 0.15) is 11.1 Å². The van der Waals surface area contributed by atoms with Crippen LogP contribution in [0, 0.1) is 5.82 Å². The second-order valence-electron chi connectivity index (χ2n) is 7.88. The van der Waals surface area contributed by atoms with Crippen LogP contribution in [0.15, 0.2) is 64.9 Å². The number of carbonyl (C=O) groups is 1. The van der Waals surface area contributed by atoms with Crippen LogP contribution in [-0.4, -0.2) is 42.0 Å². The van der Waals surface area contributed by atoms with E-state index in [-0.39, 0.29) is 35.6 Å². The molecule has 184 valence electrons. The highest BCUT2D eigenvalue weighted by atomic mass is 32.2. The molecule has 3 heterocycles. The maximum Gasteiger partial charge on any atom is 0.416 e. The van der Waals surface area contributed by atoms with E-state index >= 15 is 0 Å². The van der Waals surface area contributed by atoms with Crippen LogP contribution in [0.3, 0.4) is 0 Å². The summed E-state index contributed by atoms with van der Waals surface area (Å²) in [5, 5.41) is 20.3. The Bertz CT molecular complexity index is 1460. The van der Waals surface area contributed by atoms with E-state index in [1.165, 1.54) is 45.4 Å². The fraction of sp³-hybridized carbons (Fsp3) is 0.174. The standard InChI is InChI=1S/C23H17F4N7OS/c1-33-19(14-4-6-15(7-5-14)23(25,26)27)10-17(31-33)20-29-30-22-34(20)32-18(12-36-22)21(35)28-11-13-2-8-16(24)9-3-13/h2-10H,11-12H2,1H3,(H,28,35). The fourth-order valence-corrected chi connectivity index (χ4v) is 4.36. The lowest BCUT2D eigenvalue weighted by molar-refractivity contribution is -0.137. The van der Waals surface area contributed by atoms with Gasteiger partial charge in [0.1, 0.15) is 17.2 Å². The Balaban J connectivity index is 1.38. The smallest absolute Gasteiger partial charge is 0.347 e. The summed E-state index contributed by atoms with van der Waals surface area (Å²) in [5.74, 6) is -0.174. The Labute approximate surface area is 206 Å². The Morgan fingerprint density at radius 2 is 1.81 bits per heavy atom. The number of fused-ring (bicyclic) bond motifs is 1. The van der Waals surface area contributed by atoms with Gasteiger partial charge in [0.15, 0.2) is 0 Å². The molecule has 0 aliphatic carbocycles. The molecule has 0 saturated carbocycles. The Kier molecular flexibility index (Phi) is 6.08. The van der Waals surface area contributed by atoms with Gasteiger partial charge < -0.3 is 5.32 Å². The molecule has 0 spiro atoms. The summed E-state index contributed by atoms with van der Waals surface area (Å²) < 4.78 is 54.7. The minimum absolute atomic E-state index is 0.210. The largest absolute Gasteiger partial charge is 0.416 e. The predicted molar refractivity (Wildman–Crippen MR) is 124 cm³/mol. The van der Waals surface area contributed by atoms with Gasteiger partial charge in [0, 0.05) is 13.6 Å². The van der Waals surface area contributed by atoms with Crippen LogP contribution in [0.25, 0.3) is 22.8 Å². The summed E-state index contributed by atoms with van der Waals surface area (Å²) in [6.45, 7) is 0.210. The predicted octanol–water partition coefficient (Wildman–Crippen LogP) is 4.13. The molecule has 8 nitrogen and oxygen atoms in total. The molecule has 0 fully saturated rings. The van der Waals surface area contributed by atoms with Crippen molar-refractivity contribution in [3.63, 3.8) is 0 Å². The van der Waals surface area contributed by atoms with Gasteiger partial charge in [0.2, 0.25) is 11.0 Å². The van der Waals surface area contributed by atoms with Crippen molar-refractivity contribution in [3.8, 4) is 22.8 Å². The van der Waals surface area contributed by atoms with Gasteiger partial charge in [-0.25, -0.2) is 4.39 Å². The number of alkyl halides is 3. The summed E-state index contributed by atoms with van der Waals surface area (Å²) in [7, 11) is 1.66. The number of nitrogens with zero attached hydrogens (tertiary/aromatic N) is 6. The third kappa shape index (κ3) is 4.73. The fourth-order valence-electron chi connectivity index (χ4n) is 3.56. The minimum atomic E-state index is -4.42. The molecule has 2 aromatic heterocycles. The highest BCUT2D eigenvalue weighted by Crippen LogP contribution is 2.32. The first-order chi connectivity index (χ1) is 17.2. The van der Waals surface area contributed by atoms with Gasteiger partial charge in [0.25, 0.3) is 5.91 Å². The molecule has 1 N–H and O–H groups in total. The van der Waals surface area contributed by atoms with Crippen molar-refractivity contribution in [2.45, 2.75) is 17.9 Å². The molecule has 1 aliphatic rings. The van der Waals surface area contributed by atoms with Gasteiger partial charge in [-0.05, 0) is 41.5 Å². The first kappa shape index (κ1) is 23.7. The Hall–Kier alpha value is -4.00. The second-order valence-corrected chi connectivity index (χ2v) is 8.82. The van der Waals surface area contributed by atoms with Crippen LogP contribution in [-0.2, 0) is 24.6 Å². The summed E-state index contributed by atoms with van der Waals surface area (Å²) in [4.78, 5) is 12.7. The van der Waals surface area contributed by atoms with Gasteiger partial charge in [-0.2, -0.15) is 28.0 Å². The number of aryl methyl sites for hydroxylation is 1. The van der Waals surface area contributed by atoms with E-state index in [0.29, 0.717) is 22.1 Å². The third-order valence-electron chi connectivity index (χ3n) is 5.42. The molecule has 0 unspecified atom stereocenters. The molecule has 0 radical (unpaired) electrons. The van der Waals surface area contributed by atoms with Crippen LogP contribution in [0.2, 0.25) is 0 Å². The van der Waals surface area contributed by atoms with Crippen LogP contribution < -0.4 is 5.32 Å². The lowest BCUT2D eigenvalue weighted by Crippen LogP contribution is -2.33. The normalized spacial score (nSPS) is 13.3. The molecule has 36 heavy (non-hydrogen) atoms. The quantitative estimate of drug-likeness (QED) is 0.404. The van der Waals surface area contributed by atoms with E-state index in [9.17, 15) is 22.4 Å². The number of thioether (sulfide) groups is 1. The van der Waals surface area contributed by atoms with Crippen molar-refractivity contribution in [1.29, 1.82) is 0 Å². The molecule has 1 aliphatic heterocycles. The summed E-state index contributed by atoms with van der Waals surface area (Å²) >= 11 is 1.28. The number of hydrogen-bond acceptors (Lipinski definition) is 6. The van der Waals surface area contributed by atoms with Crippen molar-refractivity contribution in [1.82, 2.24) is 30.0 Å². The molecular formula is C23H17F4N7OS. The first-order valence-corrected chi connectivity index (χ1v) is 11.6. The molecule has 13 heteroatoms. The molecule has 2 aromatic carbocycles. The molecule has 4 aromatic rings. The number of aromatic nitrogens is 5. The van der Waals surface area contributed by atoms with Crippen molar-refractivity contribution in [3.05, 3.63) is 71.5 Å². The number of amides is 1. The molecule has 0 saturated heterocycles. The lowest BCUT2D eigenvalue weighted by Gasteiger charge is -2.13. The summed E-state index contributed by atoms with van der Waals surface area (Å²) in [5.41, 5.74) is 1.75. The van der Waals surface area contributed by atoms with Gasteiger partial charge >= 0.3 is 6.18 Å². The zero-order valence-electron chi connectivity index (χ0n) is 18.6. The highest BCUT2D eigenvalue weighted by Gasteiger charge is 2.30. The monoisotopic (exact) mass is 515 g/mol. The average molecular weight is 515 g/mol. The minimum Gasteiger partial charge on any atom is -0.347 e. The Morgan fingerprint density at radius 1 is 1.08 bits per heavy atom. The third-order valence-corrected chi connectivity index (χ3v) is 6.35. The van der Waals surface area contributed by atoms with Crippen LogP contribution in [0.4, 0.5) is 17.6 Å². The van der Waals surface area contributed by atoms with E-state index in [1.807, 2.05) is 0 Å². The zero-order chi connectivity index (χ0) is 25.4. The average Bonchev–Trinajstić information content (AvgIpc) is 3.45. The summed E-state index contributed by atoms with van der Waals surface area (Å²) in [6, 6.07) is 12.2. The Morgan fingerprint density at radius 3 is 2.50 bits per heavy atom. The first-order valence-electron chi connectivity index (χ1n) is 10.6. The van der Waals surface area contributed by atoms with E-state index in [2.05, 4.69) is 25.7 Å². The second kappa shape index (κ2) is 9.22. The SMILES string of the molecule is Cn1nc(-c2nnc3n2N=C(C(=O)NCc2ccc(F)cc2)CS3)cc1-c1ccc(C(F)(F)F)cc1. The van der Waals surface area contributed by atoms with Crippen molar-refractivity contribution in [2.24, 2.45) is 12.1 Å². The highest BCUT2D eigenvalue weighted by molar-refractivity contribution is 8.00. The van der Waals surface area contributed by atoms with E-state index in [0.717, 1.165) is 17.7 Å². The van der Waals surface area contributed by atoms with E-state index < -0.39 is 11.7 Å². The molecule has 1 amide bonds. The van der Waals surface area contributed by atoms with E-state index in [4.69, 9.17) is 0 Å². The molecule has 0 bridgehead atoms. The van der Waals surface area contributed by atoms with Crippen LogP contribution in [0.5, 0.6) is 0 Å². The van der Waals surface area contributed by atoms with E-state index in [1.54, 1.807) is 25.2 Å². The van der Waals surface area contributed by atoms with Gasteiger partial charge in [-0.1, -0.05) is 36.0 Å². The van der Waals surface area contributed by atoms with Crippen LogP contribution >= 0.6 is 11.8 Å². The van der Waals surface area contributed by atoms with Crippen molar-refractivity contribution in [2.75, 3.05) is 5.75 Å².